The molecule has 0 bridgehead atoms. The van der Waals surface area contributed by atoms with E-state index in [2.05, 4.69) is 5.32 Å². The summed E-state index contributed by atoms with van der Waals surface area (Å²) in [6.45, 7) is 1.99. The second-order valence-corrected chi connectivity index (χ2v) is 6.74. The van der Waals surface area contributed by atoms with Crippen LogP contribution in [0.1, 0.15) is 24.1 Å². The second-order valence-electron chi connectivity index (χ2n) is 6.33. The highest BCUT2D eigenvalue weighted by molar-refractivity contribution is 6.31. The molecule has 140 valence electrons. The Hall–Kier alpha value is -2.79. The first-order chi connectivity index (χ1) is 13.0. The molecule has 27 heavy (non-hydrogen) atoms. The topological polar surface area (TPSA) is 58.6 Å². The van der Waals surface area contributed by atoms with E-state index in [1.54, 1.807) is 32.2 Å². The standard InChI is InChI=1S/C21H21ClN2O3/c1-14-18(20(25)27-13-12-15-8-4-3-5-9-15)19(23-21(26)24(14)2)16-10-6-7-11-17(16)22/h3-11,19H,12-13H2,1-2H3,(H,23,26). The minimum Gasteiger partial charge on any atom is -0.462 e. The lowest BCUT2D eigenvalue weighted by Gasteiger charge is -2.33. The summed E-state index contributed by atoms with van der Waals surface area (Å²) < 4.78 is 5.51. The van der Waals surface area contributed by atoms with Gasteiger partial charge < -0.3 is 15.0 Å². The Bertz CT molecular complexity index is 880. The number of esters is 1. The number of urea groups is 1. The Morgan fingerprint density at radius 1 is 1.15 bits per heavy atom. The van der Waals surface area contributed by atoms with Crippen LogP contribution in [0.4, 0.5) is 4.79 Å². The van der Waals surface area contributed by atoms with E-state index in [4.69, 9.17) is 16.3 Å². The van der Waals surface area contributed by atoms with Gasteiger partial charge in [-0.05, 0) is 24.1 Å². The van der Waals surface area contributed by atoms with Crippen molar-refractivity contribution in [2.75, 3.05) is 13.7 Å². The Morgan fingerprint density at radius 3 is 2.52 bits per heavy atom. The van der Waals surface area contributed by atoms with E-state index in [0.717, 1.165) is 5.56 Å². The van der Waals surface area contributed by atoms with Crippen LogP contribution in [-0.4, -0.2) is 30.6 Å². The van der Waals surface area contributed by atoms with Crippen molar-refractivity contribution in [3.8, 4) is 0 Å². The molecule has 3 rings (SSSR count). The Labute approximate surface area is 163 Å². The number of carbonyl (C=O) groups is 2. The molecule has 1 atom stereocenters. The van der Waals surface area contributed by atoms with E-state index >= 15 is 0 Å². The van der Waals surface area contributed by atoms with Crippen molar-refractivity contribution in [3.05, 3.63) is 82.0 Å². The molecule has 6 heteroatoms. The summed E-state index contributed by atoms with van der Waals surface area (Å²) in [6, 6.07) is 16.0. The largest absolute Gasteiger partial charge is 0.462 e. The van der Waals surface area contributed by atoms with Crippen molar-refractivity contribution < 1.29 is 14.3 Å². The molecule has 1 heterocycles. The van der Waals surface area contributed by atoms with Crippen LogP contribution in [0.15, 0.2) is 65.9 Å². The summed E-state index contributed by atoms with van der Waals surface area (Å²) in [6.07, 6.45) is 0.623. The van der Waals surface area contributed by atoms with Gasteiger partial charge in [-0.2, -0.15) is 0 Å². The Morgan fingerprint density at radius 2 is 1.81 bits per heavy atom. The monoisotopic (exact) mass is 384 g/mol. The van der Waals surface area contributed by atoms with Gasteiger partial charge in [-0.1, -0.05) is 60.1 Å². The van der Waals surface area contributed by atoms with Crippen molar-refractivity contribution >= 4 is 23.6 Å². The number of rotatable bonds is 5. The summed E-state index contributed by atoms with van der Waals surface area (Å²) in [5, 5.41) is 3.32. The summed E-state index contributed by atoms with van der Waals surface area (Å²) in [7, 11) is 1.62. The van der Waals surface area contributed by atoms with Gasteiger partial charge in [0.05, 0.1) is 18.2 Å². The fourth-order valence-electron chi connectivity index (χ4n) is 3.03. The van der Waals surface area contributed by atoms with E-state index in [-0.39, 0.29) is 12.6 Å². The molecule has 5 nitrogen and oxygen atoms in total. The SMILES string of the molecule is CC1=C(C(=O)OCCc2ccccc2)C(c2ccccc2Cl)NC(=O)N1C. The maximum atomic E-state index is 12.8. The van der Waals surface area contributed by atoms with Gasteiger partial charge in [0, 0.05) is 24.2 Å². The molecule has 0 spiro atoms. The molecule has 2 aromatic carbocycles. The van der Waals surface area contributed by atoms with E-state index < -0.39 is 12.0 Å². The van der Waals surface area contributed by atoms with Crippen LogP contribution in [0.2, 0.25) is 5.02 Å². The van der Waals surface area contributed by atoms with E-state index in [0.29, 0.717) is 28.3 Å². The van der Waals surface area contributed by atoms with Crippen molar-refractivity contribution in [2.24, 2.45) is 0 Å². The zero-order valence-electron chi connectivity index (χ0n) is 15.2. The molecule has 1 N–H and O–H groups in total. The van der Waals surface area contributed by atoms with Gasteiger partial charge in [0.25, 0.3) is 0 Å². The average molecular weight is 385 g/mol. The number of amides is 2. The number of hydrogen-bond acceptors (Lipinski definition) is 3. The third-order valence-electron chi connectivity index (χ3n) is 4.66. The fourth-order valence-corrected chi connectivity index (χ4v) is 3.27. The van der Waals surface area contributed by atoms with Gasteiger partial charge in [0.1, 0.15) is 0 Å². The minimum atomic E-state index is -0.647. The van der Waals surface area contributed by atoms with Crippen LogP contribution in [0.3, 0.4) is 0 Å². The van der Waals surface area contributed by atoms with E-state index in [9.17, 15) is 9.59 Å². The van der Waals surface area contributed by atoms with Crippen LogP contribution >= 0.6 is 11.6 Å². The molecule has 1 aliphatic heterocycles. The molecule has 1 unspecified atom stereocenters. The molecular formula is C21H21ClN2O3. The van der Waals surface area contributed by atoms with Gasteiger partial charge in [-0.25, -0.2) is 9.59 Å². The number of halogens is 1. The summed E-state index contributed by atoms with van der Waals surface area (Å²) in [5.74, 6) is -0.458. The summed E-state index contributed by atoms with van der Waals surface area (Å²) >= 11 is 6.30. The fraction of sp³-hybridized carbons (Fsp3) is 0.238. The van der Waals surface area contributed by atoms with Crippen molar-refractivity contribution in [1.29, 1.82) is 0 Å². The number of allylic oxidation sites excluding steroid dienone is 1. The summed E-state index contributed by atoms with van der Waals surface area (Å²) in [5.41, 5.74) is 2.69. The third kappa shape index (κ3) is 4.14. The van der Waals surface area contributed by atoms with Crippen molar-refractivity contribution in [1.82, 2.24) is 10.2 Å². The molecule has 0 saturated carbocycles. The van der Waals surface area contributed by atoms with Gasteiger partial charge >= 0.3 is 12.0 Å². The van der Waals surface area contributed by atoms with Crippen molar-refractivity contribution in [2.45, 2.75) is 19.4 Å². The predicted molar refractivity (Wildman–Crippen MR) is 104 cm³/mol. The number of ether oxygens (including phenoxy) is 1. The highest BCUT2D eigenvalue weighted by Gasteiger charge is 2.35. The minimum absolute atomic E-state index is 0.256. The number of hydrogen-bond donors (Lipinski definition) is 1. The molecule has 2 amide bonds. The first-order valence-corrected chi connectivity index (χ1v) is 9.07. The molecule has 0 saturated heterocycles. The third-order valence-corrected chi connectivity index (χ3v) is 5.00. The maximum absolute atomic E-state index is 12.8. The van der Waals surface area contributed by atoms with Crippen LogP contribution in [0.5, 0.6) is 0 Å². The predicted octanol–water partition coefficient (Wildman–Crippen LogP) is 4.10. The zero-order chi connectivity index (χ0) is 19.4. The molecule has 0 aliphatic carbocycles. The Kier molecular flexibility index (Phi) is 5.81. The quantitative estimate of drug-likeness (QED) is 0.789. The van der Waals surface area contributed by atoms with Gasteiger partial charge in [-0.15, -0.1) is 0 Å². The molecule has 0 fully saturated rings. The Balaban J connectivity index is 1.83. The van der Waals surface area contributed by atoms with Gasteiger partial charge in [0.15, 0.2) is 0 Å². The molecule has 2 aromatic rings. The van der Waals surface area contributed by atoms with E-state index in [1.807, 2.05) is 36.4 Å². The first kappa shape index (κ1) is 19.0. The van der Waals surface area contributed by atoms with Crippen LogP contribution in [0.25, 0.3) is 0 Å². The number of benzene rings is 2. The zero-order valence-corrected chi connectivity index (χ0v) is 16.0. The lowest BCUT2D eigenvalue weighted by Crippen LogP contribution is -2.46. The number of carbonyl (C=O) groups excluding carboxylic acids is 2. The van der Waals surface area contributed by atoms with Crippen LogP contribution in [-0.2, 0) is 16.0 Å². The van der Waals surface area contributed by atoms with E-state index in [1.165, 1.54) is 4.90 Å². The average Bonchev–Trinajstić information content (AvgIpc) is 2.67. The van der Waals surface area contributed by atoms with Crippen LogP contribution < -0.4 is 5.32 Å². The van der Waals surface area contributed by atoms with Gasteiger partial charge in [-0.3, -0.25) is 0 Å². The number of nitrogens with one attached hydrogen (secondary N) is 1. The lowest BCUT2D eigenvalue weighted by molar-refractivity contribution is -0.139. The molecular weight excluding hydrogens is 364 g/mol. The maximum Gasteiger partial charge on any atom is 0.338 e. The first-order valence-electron chi connectivity index (χ1n) is 8.69. The summed E-state index contributed by atoms with van der Waals surface area (Å²) in [4.78, 5) is 26.5. The smallest absolute Gasteiger partial charge is 0.338 e. The highest BCUT2D eigenvalue weighted by Crippen LogP contribution is 2.34. The highest BCUT2D eigenvalue weighted by atomic mass is 35.5. The number of nitrogens with zero attached hydrogens (tertiary/aromatic N) is 1. The van der Waals surface area contributed by atoms with Crippen molar-refractivity contribution in [3.63, 3.8) is 0 Å². The molecule has 0 aromatic heterocycles. The van der Waals surface area contributed by atoms with Gasteiger partial charge in [0.2, 0.25) is 0 Å². The molecule has 1 aliphatic rings. The molecule has 0 radical (unpaired) electrons. The second kappa shape index (κ2) is 8.27. The lowest BCUT2D eigenvalue weighted by atomic mass is 9.95. The normalized spacial score (nSPS) is 16.9. The van der Waals surface area contributed by atoms with Crippen LogP contribution in [0, 0.1) is 0 Å².